The van der Waals surface area contributed by atoms with Crippen LogP contribution < -0.4 is 0 Å². The fourth-order valence-electron chi connectivity index (χ4n) is 1.54. The molecule has 2 heterocycles. The van der Waals surface area contributed by atoms with E-state index in [-0.39, 0.29) is 5.75 Å². The molecular weight excluding hydrogens is 252 g/mol. The minimum atomic E-state index is -0.851. The molecule has 0 aromatic carbocycles. The van der Waals surface area contributed by atoms with Crippen molar-refractivity contribution < 1.29 is 9.90 Å². The van der Waals surface area contributed by atoms with Crippen molar-refractivity contribution in [3.05, 3.63) is 24.3 Å². The van der Waals surface area contributed by atoms with Gasteiger partial charge in [0.15, 0.2) is 5.16 Å². The molecule has 6 nitrogen and oxygen atoms in total. The third-order valence-electron chi connectivity index (χ3n) is 2.34. The fraction of sp³-hybridized carbons (Fsp3) is 0.364. The molecule has 0 aliphatic carbocycles. The molecule has 2 aromatic heterocycles. The second-order valence-corrected chi connectivity index (χ2v) is 4.71. The Morgan fingerprint density at radius 2 is 2.28 bits per heavy atom. The summed E-state index contributed by atoms with van der Waals surface area (Å²) in [6.45, 7) is 4.69. The maximum atomic E-state index is 10.6. The summed E-state index contributed by atoms with van der Waals surface area (Å²) in [7, 11) is 0. The summed E-state index contributed by atoms with van der Waals surface area (Å²) in [5.74, 6) is -0.852. The number of imidazole rings is 1. The first-order valence-corrected chi connectivity index (χ1v) is 6.52. The van der Waals surface area contributed by atoms with Crippen LogP contribution in [0.1, 0.15) is 12.6 Å². The molecule has 0 bridgehead atoms. The summed E-state index contributed by atoms with van der Waals surface area (Å²) < 4.78 is 3.68. The maximum Gasteiger partial charge on any atom is 0.313 e. The Morgan fingerprint density at radius 3 is 2.89 bits per heavy atom. The van der Waals surface area contributed by atoms with Crippen LogP contribution in [0.2, 0.25) is 0 Å². The quantitative estimate of drug-likeness (QED) is 0.832. The van der Waals surface area contributed by atoms with E-state index in [1.165, 1.54) is 11.8 Å². The largest absolute Gasteiger partial charge is 0.481 e. The highest BCUT2D eigenvalue weighted by molar-refractivity contribution is 7.99. The molecule has 0 saturated carbocycles. The van der Waals surface area contributed by atoms with E-state index < -0.39 is 5.97 Å². The second-order valence-electron chi connectivity index (χ2n) is 3.77. The van der Waals surface area contributed by atoms with E-state index in [1.807, 2.05) is 35.5 Å². The van der Waals surface area contributed by atoms with E-state index >= 15 is 0 Å². The summed E-state index contributed by atoms with van der Waals surface area (Å²) in [6.07, 6.45) is 5.53. The van der Waals surface area contributed by atoms with Crippen molar-refractivity contribution in [2.24, 2.45) is 0 Å². The Hall–Kier alpha value is -1.76. The minimum Gasteiger partial charge on any atom is -0.481 e. The molecule has 0 unspecified atom stereocenters. The summed E-state index contributed by atoms with van der Waals surface area (Å²) in [5.41, 5.74) is 1.75. The number of aliphatic carboxylic acids is 1. The third kappa shape index (κ3) is 2.73. The van der Waals surface area contributed by atoms with Crippen LogP contribution >= 0.6 is 11.8 Å². The predicted octanol–water partition coefficient (Wildman–Crippen LogP) is 1.57. The van der Waals surface area contributed by atoms with Gasteiger partial charge in [0.1, 0.15) is 0 Å². The number of thioether (sulfide) groups is 1. The van der Waals surface area contributed by atoms with Crippen LogP contribution in [0.25, 0.3) is 5.69 Å². The van der Waals surface area contributed by atoms with Crippen molar-refractivity contribution in [2.75, 3.05) is 5.75 Å². The van der Waals surface area contributed by atoms with Crippen molar-refractivity contribution in [3.63, 3.8) is 0 Å². The van der Waals surface area contributed by atoms with Crippen LogP contribution in [0.15, 0.2) is 23.7 Å². The van der Waals surface area contributed by atoms with Gasteiger partial charge in [-0.2, -0.15) is 5.10 Å². The van der Waals surface area contributed by atoms with Crippen molar-refractivity contribution in [1.29, 1.82) is 0 Å². The molecule has 96 valence electrons. The minimum absolute atomic E-state index is 0.00162. The lowest BCUT2D eigenvalue weighted by Gasteiger charge is -2.02. The lowest BCUT2D eigenvalue weighted by atomic mass is 10.5. The first-order chi connectivity index (χ1) is 8.60. The number of carbonyl (C=O) groups is 1. The average molecular weight is 266 g/mol. The van der Waals surface area contributed by atoms with Gasteiger partial charge in [0.2, 0.25) is 0 Å². The van der Waals surface area contributed by atoms with Crippen molar-refractivity contribution >= 4 is 17.7 Å². The molecule has 0 amide bonds. The molecule has 2 rings (SSSR count). The van der Waals surface area contributed by atoms with Gasteiger partial charge in [-0.05, 0) is 13.8 Å². The molecule has 0 fully saturated rings. The van der Waals surface area contributed by atoms with Crippen molar-refractivity contribution in [2.45, 2.75) is 25.5 Å². The van der Waals surface area contributed by atoms with Gasteiger partial charge in [-0.3, -0.25) is 14.0 Å². The van der Waals surface area contributed by atoms with E-state index in [9.17, 15) is 4.79 Å². The number of nitrogens with zero attached hydrogens (tertiary/aromatic N) is 4. The Kier molecular flexibility index (Phi) is 3.71. The lowest BCUT2D eigenvalue weighted by Crippen LogP contribution is -2.01. The Balaban J connectivity index is 2.28. The van der Waals surface area contributed by atoms with Crippen LogP contribution in [0.4, 0.5) is 0 Å². The van der Waals surface area contributed by atoms with Crippen molar-refractivity contribution in [3.8, 4) is 5.69 Å². The SMILES string of the molecule is CCn1cc(-n2cc(C)nc2SCC(=O)O)cn1. The zero-order chi connectivity index (χ0) is 13.1. The number of carboxylic acid groups (broad SMARTS) is 1. The third-order valence-corrected chi connectivity index (χ3v) is 3.28. The Bertz CT molecular complexity index is 561. The van der Waals surface area contributed by atoms with Gasteiger partial charge in [-0.25, -0.2) is 4.98 Å². The average Bonchev–Trinajstić information content (AvgIpc) is 2.92. The first kappa shape index (κ1) is 12.7. The fourth-order valence-corrected chi connectivity index (χ4v) is 2.30. The molecule has 7 heteroatoms. The highest BCUT2D eigenvalue weighted by atomic mass is 32.2. The van der Waals surface area contributed by atoms with Crippen LogP contribution in [-0.4, -0.2) is 36.2 Å². The Morgan fingerprint density at radius 1 is 1.50 bits per heavy atom. The van der Waals surface area contributed by atoms with E-state index in [1.54, 1.807) is 6.20 Å². The molecule has 18 heavy (non-hydrogen) atoms. The highest BCUT2D eigenvalue weighted by Crippen LogP contribution is 2.21. The number of hydrogen-bond acceptors (Lipinski definition) is 4. The van der Waals surface area contributed by atoms with Crippen molar-refractivity contribution in [1.82, 2.24) is 19.3 Å². The maximum absolute atomic E-state index is 10.6. The zero-order valence-electron chi connectivity index (χ0n) is 10.2. The van der Waals surface area contributed by atoms with Crippen LogP contribution in [-0.2, 0) is 11.3 Å². The van der Waals surface area contributed by atoms with Gasteiger partial charge < -0.3 is 5.11 Å². The van der Waals surface area contributed by atoms with Crippen LogP contribution in [0, 0.1) is 6.92 Å². The second kappa shape index (κ2) is 5.26. The van der Waals surface area contributed by atoms with Crippen LogP contribution in [0.3, 0.4) is 0 Å². The molecule has 1 N–H and O–H groups in total. The molecule has 0 atom stereocenters. The molecule has 0 radical (unpaired) electrons. The van der Waals surface area contributed by atoms with Gasteiger partial charge in [-0.15, -0.1) is 0 Å². The van der Waals surface area contributed by atoms with Gasteiger partial charge >= 0.3 is 5.97 Å². The number of carboxylic acids is 1. The van der Waals surface area contributed by atoms with Gasteiger partial charge in [0.05, 0.1) is 23.3 Å². The lowest BCUT2D eigenvalue weighted by molar-refractivity contribution is -0.133. The summed E-state index contributed by atoms with van der Waals surface area (Å²) in [5, 5.41) is 13.6. The molecule has 2 aromatic rings. The molecule has 0 saturated heterocycles. The molecular formula is C11H14N4O2S. The zero-order valence-corrected chi connectivity index (χ0v) is 11.0. The number of hydrogen-bond donors (Lipinski definition) is 1. The summed E-state index contributed by atoms with van der Waals surface area (Å²) >= 11 is 1.20. The molecule has 0 aliphatic heterocycles. The number of aryl methyl sites for hydroxylation is 2. The summed E-state index contributed by atoms with van der Waals surface area (Å²) in [6, 6.07) is 0. The van der Waals surface area contributed by atoms with Gasteiger partial charge in [0, 0.05) is 18.9 Å². The number of aromatic nitrogens is 4. The predicted molar refractivity (Wildman–Crippen MR) is 68.1 cm³/mol. The molecule has 0 spiro atoms. The normalized spacial score (nSPS) is 10.8. The Labute approximate surface area is 109 Å². The van der Waals surface area contributed by atoms with Crippen LogP contribution in [0.5, 0.6) is 0 Å². The smallest absolute Gasteiger partial charge is 0.313 e. The van der Waals surface area contributed by atoms with E-state index in [2.05, 4.69) is 10.1 Å². The topological polar surface area (TPSA) is 72.9 Å². The first-order valence-electron chi connectivity index (χ1n) is 5.53. The standard InChI is InChI=1S/C11H14N4O2S/c1-3-14-6-9(4-12-14)15-5-8(2)13-11(15)18-7-10(16)17/h4-6H,3,7H2,1-2H3,(H,16,17). The van der Waals surface area contributed by atoms with E-state index in [4.69, 9.17) is 5.11 Å². The van der Waals surface area contributed by atoms with E-state index in [0.717, 1.165) is 17.9 Å². The van der Waals surface area contributed by atoms with Gasteiger partial charge in [-0.1, -0.05) is 11.8 Å². The number of rotatable bonds is 5. The highest BCUT2D eigenvalue weighted by Gasteiger charge is 2.11. The monoisotopic (exact) mass is 266 g/mol. The van der Waals surface area contributed by atoms with E-state index in [0.29, 0.717) is 5.16 Å². The van der Waals surface area contributed by atoms with Gasteiger partial charge in [0.25, 0.3) is 0 Å². The molecule has 0 aliphatic rings. The summed E-state index contributed by atoms with van der Waals surface area (Å²) in [4.78, 5) is 14.9.